The predicted molar refractivity (Wildman–Crippen MR) is 80.4 cm³/mol. The summed E-state index contributed by atoms with van der Waals surface area (Å²) in [5.74, 6) is 0. The van der Waals surface area contributed by atoms with E-state index in [1.165, 1.54) is 28.6 Å². The second kappa shape index (κ2) is 6.36. The van der Waals surface area contributed by atoms with Gasteiger partial charge in [-0.1, -0.05) is 24.6 Å². The van der Waals surface area contributed by atoms with Gasteiger partial charge in [-0.15, -0.1) is 6.58 Å². The molecule has 0 bridgehead atoms. The molecule has 1 unspecified atom stereocenters. The molecule has 2 rings (SSSR count). The summed E-state index contributed by atoms with van der Waals surface area (Å²) < 4.78 is 26.8. The van der Waals surface area contributed by atoms with Gasteiger partial charge in [0, 0.05) is 25.2 Å². The summed E-state index contributed by atoms with van der Waals surface area (Å²) >= 11 is 0. The molecule has 1 heterocycles. The number of hydrogen-bond acceptors (Lipinski definition) is 4. The fourth-order valence-corrected chi connectivity index (χ4v) is 4.35. The maximum absolute atomic E-state index is 12.7. The van der Waals surface area contributed by atoms with E-state index in [0.29, 0.717) is 18.7 Å². The first-order valence-electron chi connectivity index (χ1n) is 6.82. The van der Waals surface area contributed by atoms with Gasteiger partial charge >= 0.3 is 0 Å². The third-order valence-electron chi connectivity index (χ3n) is 3.62. The third kappa shape index (κ3) is 3.30. The summed E-state index contributed by atoms with van der Waals surface area (Å²) in [4.78, 5) is 10.3. The van der Waals surface area contributed by atoms with Crippen molar-refractivity contribution in [2.24, 2.45) is 0 Å². The monoisotopic (exact) mass is 310 g/mol. The van der Waals surface area contributed by atoms with Crippen molar-refractivity contribution in [1.29, 1.82) is 0 Å². The van der Waals surface area contributed by atoms with Crippen molar-refractivity contribution in [2.45, 2.75) is 24.5 Å². The lowest BCUT2D eigenvalue weighted by molar-refractivity contribution is -0.384. The molecule has 6 nitrogen and oxygen atoms in total. The van der Waals surface area contributed by atoms with Crippen LogP contribution in [0, 0.1) is 10.1 Å². The van der Waals surface area contributed by atoms with Crippen molar-refractivity contribution in [1.82, 2.24) is 4.31 Å². The number of hydrogen-bond donors (Lipinski definition) is 0. The Morgan fingerprint density at radius 2 is 1.95 bits per heavy atom. The summed E-state index contributed by atoms with van der Waals surface area (Å²) in [6.45, 7) is 4.60. The SMILES string of the molecule is C=CC(c1cccc([N+](=O)[O-])c1)S(=O)(=O)N1CCCCC1. The normalized spacial score (nSPS) is 18.1. The van der Waals surface area contributed by atoms with Crippen LogP contribution in [0.4, 0.5) is 5.69 Å². The largest absolute Gasteiger partial charge is 0.269 e. The number of nitrogens with zero attached hydrogens (tertiary/aromatic N) is 2. The van der Waals surface area contributed by atoms with Gasteiger partial charge in [0.05, 0.1) is 4.92 Å². The first-order valence-corrected chi connectivity index (χ1v) is 8.33. The fraction of sp³-hybridized carbons (Fsp3) is 0.429. The molecular formula is C14H18N2O4S. The predicted octanol–water partition coefficient (Wildman–Crippen LogP) is 2.64. The lowest BCUT2D eigenvalue weighted by atomic mass is 10.1. The zero-order valence-electron chi connectivity index (χ0n) is 11.6. The van der Waals surface area contributed by atoms with Crippen LogP contribution in [0.15, 0.2) is 36.9 Å². The smallest absolute Gasteiger partial charge is 0.258 e. The van der Waals surface area contributed by atoms with E-state index in [1.54, 1.807) is 6.07 Å². The Bertz CT molecular complexity index is 636. The molecule has 7 heteroatoms. The molecule has 1 aromatic carbocycles. The number of piperidine rings is 1. The van der Waals surface area contributed by atoms with E-state index in [9.17, 15) is 18.5 Å². The molecule has 0 spiro atoms. The summed E-state index contributed by atoms with van der Waals surface area (Å²) in [5, 5.41) is 9.89. The van der Waals surface area contributed by atoms with Crippen molar-refractivity contribution >= 4 is 15.7 Å². The zero-order chi connectivity index (χ0) is 15.5. The highest BCUT2D eigenvalue weighted by atomic mass is 32.2. The Hall–Kier alpha value is -1.73. The van der Waals surface area contributed by atoms with E-state index >= 15 is 0 Å². The van der Waals surface area contributed by atoms with Gasteiger partial charge in [-0.2, -0.15) is 0 Å². The first kappa shape index (κ1) is 15.7. The Morgan fingerprint density at radius 3 is 2.52 bits per heavy atom. The van der Waals surface area contributed by atoms with Gasteiger partial charge in [0.1, 0.15) is 5.25 Å². The zero-order valence-corrected chi connectivity index (χ0v) is 12.5. The van der Waals surface area contributed by atoms with Crippen LogP contribution in [0.2, 0.25) is 0 Å². The number of sulfonamides is 1. The maximum Gasteiger partial charge on any atom is 0.269 e. The average molecular weight is 310 g/mol. The van der Waals surface area contributed by atoms with Crippen LogP contribution in [0.3, 0.4) is 0 Å². The molecule has 21 heavy (non-hydrogen) atoms. The molecule has 0 amide bonds. The molecule has 0 N–H and O–H groups in total. The minimum atomic E-state index is -3.58. The van der Waals surface area contributed by atoms with Gasteiger partial charge in [-0.05, 0) is 18.4 Å². The molecule has 0 saturated carbocycles. The topological polar surface area (TPSA) is 80.5 Å². The Kier molecular flexibility index (Phi) is 4.74. The van der Waals surface area contributed by atoms with Crippen LogP contribution < -0.4 is 0 Å². The standard InChI is InChI=1S/C14H18N2O4S/c1-2-14(12-7-6-8-13(11-12)16(17)18)21(19,20)15-9-4-3-5-10-15/h2,6-8,11,14H,1,3-5,9-10H2. The third-order valence-corrected chi connectivity index (χ3v) is 5.81. The Balaban J connectivity index is 2.36. The van der Waals surface area contributed by atoms with E-state index in [1.807, 2.05) is 0 Å². The highest BCUT2D eigenvalue weighted by Crippen LogP contribution is 2.30. The fourth-order valence-electron chi connectivity index (χ4n) is 2.52. The van der Waals surface area contributed by atoms with Gasteiger partial charge in [0.25, 0.3) is 5.69 Å². The average Bonchev–Trinajstić information content (AvgIpc) is 2.49. The van der Waals surface area contributed by atoms with Gasteiger partial charge in [-0.25, -0.2) is 12.7 Å². The lowest BCUT2D eigenvalue weighted by Crippen LogP contribution is -2.38. The highest BCUT2D eigenvalue weighted by Gasteiger charge is 2.32. The summed E-state index contributed by atoms with van der Waals surface area (Å²) in [7, 11) is -3.58. The lowest BCUT2D eigenvalue weighted by Gasteiger charge is -2.29. The molecule has 1 saturated heterocycles. The van der Waals surface area contributed by atoms with Crippen molar-refractivity contribution < 1.29 is 13.3 Å². The van der Waals surface area contributed by atoms with E-state index < -0.39 is 20.2 Å². The molecule has 1 atom stereocenters. The summed E-state index contributed by atoms with van der Waals surface area (Å²) in [5.41, 5.74) is 0.262. The molecule has 0 aromatic heterocycles. The van der Waals surface area contributed by atoms with Crippen LogP contribution >= 0.6 is 0 Å². The molecular weight excluding hydrogens is 292 g/mol. The molecule has 1 fully saturated rings. The van der Waals surface area contributed by atoms with Crippen LogP contribution in [-0.2, 0) is 10.0 Å². The van der Waals surface area contributed by atoms with Gasteiger partial charge < -0.3 is 0 Å². The number of nitro groups is 1. The van der Waals surface area contributed by atoms with Gasteiger partial charge in [0.2, 0.25) is 10.0 Å². The molecule has 0 radical (unpaired) electrons. The molecule has 114 valence electrons. The molecule has 1 aromatic rings. The van der Waals surface area contributed by atoms with Crippen molar-refractivity contribution in [3.05, 3.63) is 52.6 Å². The van der Waals surface area contributed by atoms with E-state index in [0.717, 1.165) is 19.3 Å². The number of rotatable bonds is 5. The quantitative estimate of drug-likeness (QED) is 0.475. The van der Waals surface area contributed by atoms with E-state index in [-0.39, 0.29) is 5.69 Å². The van der Waals surface area contributed by atoms with Crippen molar-refractivity contribution in [2.75, 3.05) is 13.1 Å². The highest BCUT2D eigenvalue weighted by molar-refractivity contribution is 7.89. The molecule has 0 aliphatic carbocycles. The minimum absolute atomic E-state index is 0.117. The van der Waals surface area contributed by atoms with E-state index in [4.69, 9.17) is 0 Å². The van der Waals surface area contributed by atoms with Crippen molar-refractivity contribution in [3.63, 3.8) is 0 Å². The van der Waals surface area contributed by atoms with Crippen LogP contribution in [0.1, 0.15) is 30.1 Å². The summed E-state index contributed by atoms with van der Waals surface area (Å²) in [6.07, 6.45) is 4.06. The molecule has 1 aliphatic heterocycles. The molecule has 1 aliphatic rings. The second-order valence-corrected chi connectivity index (χ2v) is 7.07. The summed E-state index contributed by atoms with van der Waals surface area (Å²) in [6, 6.07) is 5.72. The number of nitro benzene ring substituents is 1. The van der Waals surface area contributed by atoms with Gasteiger partial charge in [-0.3, -0.25) is 10.1 Å². The number of non-ortho nitro benzene ring substituents is 1. The van der Waals surface area contributed by atoms with Crippen LogP contribution in [-0.4, -0.2) is 30.7 Å². The van der Waals surface area contributed by atoms with Crippen LogP contribution in [0.5, 0.6) is 0 Å². The van der Waals surface area contributed by atoms with Crippen molar-refractivity contribution in [3.8, 4) is 0 Å². The maximum atomic E-state index is 12.7. The minimum Gasteiger partial charge on any atom is -0.258 e. The Morgan fingerprint density at radius 1 is 1.29 bits per heavy atom. The number of benzene rings is 1. The van der Waals surface area contributed by atoms with Crippen LogP contribution in [0.25, 0.3) is 0 Å². The second-order valence-electron chi connectivity index (χ2n) is 5.01. The van der Waals surface area contributed by atoms with E-state index in [2.05, 4.69) is 6.58 Å². The van der Waals surface area contributed by atoms with Gasteiger partial charge in [0.15, 0.2) is 0 Å². The first-order chi connectivity index (χ1) is 9.96. The Labute approximate surface area is 124 Å².